The third kappa shape index (κ3) is 3.79. The van der Waals surface area contributed by atoms with Crippen molar-refractivity contribution in [3.63, 3.8) is 0 Å². The van der Waals surface area contributed by atoms with E-state index in [-0.39, 0.29) is 6.03 Å². The number of carbonyl (C=O) groups is 1. The standard InChI is InChI=1S/C25H28N8O2S/c1-26-25(34)32-8-9-33-21(15-32)23(28-24(33)16-6-10-36(35)11-7-16)17-4-5-20-19(12-17)22(29-31(20)3)18-13-27-30(2)14-18/h4-6,12-14H,7-11,15H2,1-3H3,(H,26,34). The number of amides is 2. The van der Waals surface area contributed by atoms with Crippen molar-refractivity contribution < 1.29 is 9.35 Å². The van der Waals surface area contributed by atoms with Gasteiger partial charge in [0, 0.05) is 68.9 Å². The van der Waals surface area contributed by atoms with Gasteiger partial charge in [-0.3, -0.25) is 9.36 Å². The molecular formula is C25H28N8O2S. The van der Waals surface area contributed by atoms with Gasteiger partial charge in [0.05, 0.1) is 29.6 Å². The van der Waals surface area contributed by atoms with Crippen LogP contribution in [0.5, 0.6) is 0 Å². The molecule has 1 atom stereocenters. The van der Waals surface area contributed by atoms with Crippen LogP contribution in [0.15, 0.2) is 36.7 Å². The Balaban J connectivity index is 1.50. The topological polar surface area (TPSA) is 109 Å². The molecule has 0 saturated carbocycles. The molecule has 6 rings (SSSR count). The lowest BCUT2D eigenvalue weighted by Gasteiger charge is -2.29. The summed E-state index contributed by atoms with van der Waals surface area (Å²) in [7, 11) is 5.50. The highest BCUT2D eigenvalue weighted by Gasteiger charge is 2.29. The van der Waals surface area contributed by atoms with E-state index in [0.29, 0.717) is 31.1 Å². The molecule has 186 valence electrons. The fourth-order valence-corrected chi connectivity index (χ4v) is 6.15. The molecule has 5 heterocycles. The van der Waals surface area contributed by atoms with Gasteiger partial charge in [-0.15, -0.1) is 0 Å². The summed E-state index contributed by atoms with van der Waals surface area (Å²) >= 11 is -0.802. The molecule has 0 aliphatic carbocycles. The zero-order valence-electron chi connectivity index (χ0n) is 20.6. The predicted octanol–water partition coefficient (Wildman–Crippen LogP) is 2.53. The van der Waals surface area contributed by atoms with Crippen molar-refractivity contribution in [2.45, 2.75) is 19.5 Å². The Kier molecular flexibility index (Phi) is 5.60. The van der Waals surface area contributed by atoms with E-state index in [0.717, 1.165) is 56.9 Å². The maximum atomic E-state index is 12.5. The predicted molar refractivity (Wildman–Crippen MR) is 139 cm³/mol. The molecule has 2 amide bonds. The lowest BCUT2D eigenvalue weighted by atomic mass is 10.0. The second-order valence-electron chi connectivity index (χ2n) is 9.26. The molecule has 1 unspecified atom stereocenters. The maximum absolute atomic E-state index is 12.5. The summed E-state index contributed by atoms with van der Waals surface area (Å²) in [6.45, 7) is 1.75. The van der Waals surface area contributed by atoms with Crippen molar-refractivity contribution in [3.8, 4) is 22.5 Å². The highest BCUT2D eigenvalue weighted by atomic mass is 32.2. The van der Waals surface area contributed by atoms with Gasteiger partial charge in [-0.05, 0) is 29.4 Å². The van der Waals surface area contributed by atoms with E-state index < -0.39 is 11.2 Å². The Morgan fingerprint density at radius 2 is 2.03 bits per heavy atom. The van der Waals surface area contributed by atoms with Crippen LogP contribution in [0.2, 0.25) is 0 Å². The van der Waals surface area contributed by atoms with Gasteiger partial charge in [-0.25, -0.2) is 9.78 Å². The number of benzene rings is 1. The van der Waals surface area contributed by atoms with E-state index in [1.807, 2.05) is 36.1 Å². The molecule has 2 aliphatic heterocycles. The zero-order valence-corrected chi connectivity index (χ0v) is 21.4. The SMILES string of the molecule is CNC(=O)N1CCn2c(C3=CC[S+]([O-])CC3)nc(-c3ccc4c(c3)c(-c3cnn(C)c3)nn4C)c2C1. The van der Waals surface area contributed by atoms with Crippen molar-refractivity contribution in [2.75, 3.05) is 25.1 Å². The molecule has 4 aromatic rings. The lowest BCUT2D eigenvalue weighted by Crippen LogP contribution is -2.43. The summed E-state index contributed by atoms with van der Waals surface area (Å²) in [5.74, 6) is 2.14. The fourth-order valence-electron chi connectivity index (χ4n) is 5.15. The molecule has 36 heavy (non-hydrogen) atoms. The van der Waals surface area contributed by atoms with Crippen LogP contribution in [-0.2, 0) is 38.4 Å². The quantitative estimate of drug-likeness (QED) is 0.431. The van der Waals surface area contributed by atoms with Gasteiger partial charge in [0.2, 0.25) is 0 Å². The number of hydrogen-bond donors (Lipinski definition) is 1. The minimum Gasteiger partial charge on any atom is -0.616 e. The smallest absolute Gasteiger partial charge is 0.317 e. The molecule has 2 aliphatic rings. The minimum absolute atomic E-state index is 0.0937. The van der Waals surface area contributed by atoms with Crippen LogP contribution in [0.1, 0.15) is 17.9 Å². The second-order valence-corrected chi connectivity index (χ2v) is 10.9. The van der Waals surface area contributed by atoms with Crippen LogP contribution in [0.4, 0.5) is 4.79 Å². The summed E-state index contributed by atoms with van der Waals surface area (Å²) in [6, 6.07) is 6.20. The van der Waals surface area contributed by atoms with Crippen LogP contribution in [0.3, 0.4) is 0 Å². The number of aryl methyl sites for hydroxylation is 2. The summed E-state index contributed by atoms with van der Waals surface area (Å²) in [4.78, 5) is 19.4. The molecule has 1 aromatic carbocycles. The third-order valence-electron chi connectivity index (χ3n) is 7.01. The highest BCUT2D eigenvalue weighted by molar-refractivity contribution is 7.91. The number of carbonyl (C=O) groups excluding carboxylic acids is 1. The van der Waals surface area contributed by atoms with Crippen LogP contribution in [0, 0.1) is 0 Å². The van der Waals surface area contributed by atoms with Gasteiger partial charge in [0.25, 0.3) is 0 Å². The molecule has 0 spiro atoms. The Labute approximate surface area is 211 Å². The van der Waals surface area contributed by atoms with Crippen LogP contribution in [-0.4, -0.2) is 69.7 Å². The van der Waals surface area contributed by atoms with E-state index >= 15 is 0 Å². The van der Waals surface area contributed by atoms with Gasteiger partial charge in [0.15, 0.2) is 0 Å². The minimum atomic E-state index is -0.802. The van der Waals surface area contributed by atoms with Crippen molar-refractivity contribution in [3.05, 3.63) is 48.2 Å². The van der Waals surface area contributed by atoms with Crippen LogP contribution < -0.4 is 5.32 Å². The first-order chi connectivity index (χ1) is 17.4. The Morgan fingerprint density at radius 1 is 1.17 bits per heavy atom. The number of rotatable bonds is 3. The molecule has 0 bridgehead atoms. The Bertz CT molecular complexity index is 1510. The molecular weight excluding hydrogens is 476 g/mol. The van der Waals surface area contributed by atoms with Crippen molar-refractivity contribution in [1.82, 2.24) is 39.3 Å². The number of aromatic nitrogens is 6. The van der Waals surface area contributed by atoms with Crippen LogP contribution >= 0.6 is 0 Å². The highest BCUT2D eigenvalue weighted by Crippen LogP contribution is 2.36. The van der Waals surface area contributed by atoms with E-state index in [9.17, 15) is 9.35 Å². The molecule has 0 fully saturated rings. The largest absolute Gasteiger partial charge is 0.616 e. The Morgan fingerprint density at radius 3 is 2.75 bits per heavy atom. The number of nitrogens with zero attached hydrogens (tertiary/aromatic N) is 7. The molecule has 0 radical (unpaired) electrons. The van der Waals surface area contributed by atoms with E-state index in [1.54, 1.807) is 11.7 Å². The number of fused-ring (bicyclic) bond motifs is 2. The zero-order chi connectivity index (χ0) is 25.0. The van der Waals surface area contributed by atoms with Gasteiger partial charge < -0.3 is 19.3 Å². The van der Waals surface area contributed by atoms with Gasteiger partial charge in [-0.2, -0.15) is 10.2 Å². The van der Waals surface area contributed by atoms with Crippen molar-refractivity contribution >= 4 is 33.7 Å². The number of urea groups is 1. The first kappa shape index (κ1) is 22.9. The summed E-state index contributed by atoms with van der Waals surface area (Å²) in [5, 5.41) is 12.9. The maximum Gasteiger partial charge on any atom is 0.317 e. The van der Waals surface area contributed by atoms with Crippen LogP contribution in [0.25, 0.3) is 39.0 Å². The van der Waals surface area contributed by atoms with E-state index in [1.165, 1.54) is 0 Å². The second kappa shape index (κ2) is 8.82. The van der Waals surface area contributed by atoms with E-state index in [2.05, 4.69) is 39.3 Å². The number of allylic oxidation sites excluding steroid dienone is 1. The lowest BCUT2D eigenvalue weighted by molar-refractivity contribution is 0.185. The average Bonchev–Trinajstić information content (AvgIpc) is 3.58. The fraction of sp³-hybridized carbons (Fsp3) is 0.360. The third-order valence-corrected chi connectivity index (χ3v) is 8.21. The van der Waals surface area contributed by atoms with Crippen molar-refractivity contribution in [1.29, 1.82) is 0 Å². The molecule has 1 N–H and O–H groups in total. The molecule has 3 aromatic heterocycles. The normalized spacial score (nSPS) is 17.8. The average molecular weight is 505 g/mol. The summed E-state index contributed by atoms with van der Waals surface area (Å²) in [6.07, 6.45) is 6.60. The first-order valence-corrected chi connectivity index (χ1v) is 13.5. The molecule has 11 heteroatoms. The number of imidazole rings is 1. The first-order valence-electron chi connectivity index (χ1n) is 12.0. The Hall–Kier alpha value is -3.57. The molecule has 10 nitrogen and oxygen atoms in total. The monoisotopic (exact) mass is 504 g/mol. The van der Waals surface area contributed by atoms with Gasteiger partial charge >= 0.3 is 6.03 Å². The molecule has 0 saturated heterocycles. The summed E-state index contributed by atoms with van der Waals surface area (Å²) in [5.41, 5.74) is 6.85. The summed E-state index contributed by atoms with van der Waals surface area (Å²) < 4.78 is 17.9. The van der Waals surface area contributed by atoms with E-state index in [4.69, 9.17) is 10.1 Å². The van der Waals surface area contributed by atoms with Gasteiger partial charge in [0.1, 0.15) is 23.0 Å². The van der Waals surface area contributed by atoms with Crippen molar-refractivity contribution in [2.24, 2.45) is 14.1 Å². The van der Waals surface area contributed by atoms with Gasteiger partial charge in [-0.1, -0.05) is 6.07 Å². The number of hydrogen-bond acceptors (Lipinski definition) is 5. The number of nitrogens with one attached hydrogen (secondary N) is 1.